The summed E-state index contributed by atoms with van der Waals surface area (Å²) in [5.41, 5.74) is 1.14. The van der Waals surface area contributed by atoms with Crippen molar-refractivity contribution in [3.05, 3.63) is 58.5 Å². The van der Waals surface area contributed by atoms with Gasteiger partial charge in [-0.1, -0.05) is 17.7 Å². The van der Waals surface area contributed by atoms with Crippen molar-refractivity contribution in [1.29, 1.82) is 0 Å². The molecule has 1 amide bonds. The SMILES string of the molecule is O=C(c1cccnc1N1CCOCC1)N1CCN(Cc2c(F)cccc2Cl)CC1. The molecule has 1 aromatic carbocycles. The summed E-state index contributed by atoms with van der Waals surface area (Å²) >= 11 is 6.15. The Kier molecular flexibility index (Phi) is 6.28. The van der Waals surface area contributed by atoms with Crippen LogP contribution in [0.3, 0.4) is 0 Å². The van der Waals surface area contributed by atoms with Crippen molar-refractivity contribution in [2.75, 3.05) is 57.4 Å². The van der Waals surface area contributed by atoms with Crippen LogP contribution < -0.4 is 4.90 Å². The number of halogens is 2. The molecule has 2 fully saturated rings. The third kappa shape index (κ3) is 4.52. The summed E-state index contributed by atoms with van der Waals surface area (Å²) in [7, 11) is 0. The van der Waals surface area contributed by atoms with Crippen LogP contribution in [0.2, 0.25) is 5.02 Å². The van der Waals surface area contributed by atoms with Crippen LogP contribution >= 0.6 is 11.6 Å². The van der Waals surface area contributed by atoms with E-state index in [4.69, 9.17) is 16.3 Å². The molecule has 29 heavy (non-hydrogen) atoms. The average molecular weight is 419 g/mol. The maximum absolute atomic E-state index is 14.1. The smallest absolute Gasteiger partial charge is 0.257 e. The Balaban J connectivity index is 1.41. The van der Waals surface area contributed by atoms with Crippen molar-refractivity contribution in [3.63, 3.8) is 0 Å². The number of hydrogen-bond donors (Lipinski definition) is 0. The van der Waals surface area contributed by atoms with Crippen LogP contribution in [-0.4, -0.2) is 73.2 Å². The van der Waals surface area contributed by atoms with E-state index >= 15 is 0 Å². The van der Waals surface area contributed by atoms with Gasteiger partial charge in [0.1, 0.15) is 11.6 Å². The molecule has 2 saturated heterocycles. The number of ether oxygens (including phenoxy) is 1. The predicted molar refractivity (Wildman–Crippen MR) is 110 cm³/mol. The lowest BCUT2D eigenvalue weighted by atomic mass is 10.1. The zero-order valence-electron chi connectivity index (χ0n) is 16.2. The van der Waals surface area contributed by atoms with E-state index in [2.05, 4.69) is 14.8 Å². The highest BCUT2D eigenvalue weighted by Crippen LogP contribution is 2.23. The van der Waals surface area contributed by atoms with E-state index in [1.165, 1.54) is 6.07 Å². The largest absolute Gasteiger partial charge is 0.378 e. The van der Waals surface area contributed by atoms with Gasteiger partial charge in [0, 0.05) is 62.6 Å². The number of rotatable bonds is 4. The molecule has 0 N–H and O–H groups in total. The number of hydrogen-bond acceptors (Lipinski definition) is 5. The fourth-order valence-electron chi connectivity index (χ4n) is 3.78. The summed E-state index contributed by atoms with van der Waals surface area (Å²) in [4.78, 5) is 23.7. The first kappa shape index (κ1) is 20.1. The molecule has 0 unspecified atom stereocenters. The van der Waals surface area contributed by atoms with Crippen LogP contribution in [0.25, 0.3) is 0 Å². The molecular weight excluding hydrogens is 395 g/mol. The second-order valence-corrected chi connectivity index (χ2v) is 7.65. The maximum Gasteiger partial charge on any atom is 0.257 e. The Labute approximate surface area is 174 Å². The molecule has 2 aliphatic heterocycles. The Bertz CT molecular complexity index is 847. The molecule has 6 nitrogen and oxygen atoms in total. The highest BCUT2D eigenvalue weighted by atomic mass is 35.5. The highest BCUT2D eigenvalue weighted by molar-refractivity contribution is 6.31. The molecule has 0 saturated carbocycles. The molecule has 0 bridgehead atoms. The van der Waals surface area contributed by atoms with E-state index < -0.39 is 0 Å². The summed E-state index contributed by atoms with van der Waals surface area (Å²) in [6.07, 6.45) is 1.72. The normalized spacial score (nSPS) is 18.1. The van der Waals surface area contributed by atoms with E-state index in [1.54, 1.807) is 24.4 Å². The number of carbonyl (C=O) groups excluding carboxylic acids is 1. The monoisotopic (exact) mass is 418 g/mol. The van der Waals surface area contributed by atoms with Crippen LogP contribution in [0.4, 0.5) is 10.2 Å². The Morgan fingerprint density at radius 2 is 1.83 bits per heavy atom. The number of morpholine rings is 1. The Hall–Kier alpha value is -2.22. The topological polar surface area (TPSA) is 48.9 Å². The minimum Gasteiger partial charge on any atom is -0.378 e. The number of piperazine rings is 1. The van der Waals surface area contributed by atoms with Gasteiger partial charge in [-0.2, -0.15) is 0 Å². The number of carbonyl (C=O) groups is 1. The number of pyridine rings is 1. The lowest BCUT2D eigenvalue weighted by molar-refractivity contribution is 0.0626. The molecule has 2 aromatic rings. The molecule has 3 heterocycles. The minimum atomic E-state index is -0.290. The molecule has 0 aliphatic carbocycles. The second-order valence-electron chi connectivity index (χ2n) is 7.24. The lowest BCUT2D eigenvalue weighted by Crippen LogP contribution is -2.48. The summed E-state index contributed by atoms with van der Waals surface area (Å²) in [6, 6.07) is 8.38. The molecular formula is C21H24ClFN4O2. The Morgan fingerprint density at radius 3 is 2.55 bits per heavy atom. The fraction of sp³-hybridized carbons (Fsp3) is 0.429. The van der Waals surface area contributed by atoms with E-state index in [1.807, 2.05) is 11.0 Å². The van der Waals surface area contributed by atoms with Crippen molar-refractivity contribution < 1.29 is 13.9 Å². The molecule has 0 atom stereocenters. The van der Waals surface area contributed by atoms with Crippen molar-refractivity contribution in [2.24, 2.45) is 0 Å². The molecule has 8 heteroatoms. The first-order valence-electron chi connectivity index (χ1n) is 9.85. The van der Waals surface area contributed by atoms with Crippen molar-refractivity contribution in [2.45, 2.75) is 6.54 Å². The number of benzene rings is 1. The quantitative estimate of drug-likeness (QED) is 0.764. The van der Waals surface area contributed by atoms with E-state index in [0.29, 0.717) is 62.1 Å². The summed E-state index contributed by atoms with van der Waals surface area (Å²) in [5, 5.41) is 0.439. The number of nitrogens with zero attached hydrogens (tertiary/aromatic N) is 4. The van der Waals surface area contributed by atoms with Gasteiger partial charge < -0.3 is 14.5 Å². The van der Waals surface area contributed by atoms with Crippen molar-refractivity contribution in [3.8, 4) is 0 Å². The first-order chi connectivity index (χ1) is 14.1. The molecule has 4 rings (SSSR count). The van der Waals surface area contributed by atoms with Gasteiger partial charge in [-0.15, -0.1) is 0 Å². The molecule has 2 aliphatic rings. The summed E-state index contributed by atoms with van der Waals surface area (Å²) in [6.45, 7) is 5.70. The maximum atomic E-state index is 14.1. The highest BCUT2D eigenvalue weighted by Gasteiger charge is 2.27. The summed E-state index contributed by atoms with van der Waals surface area (Å²) in [5.74, 6) is 0.422. The summed E-state index contributed by atoms with van der Waals surface area (Å²) < 4.78 is 19.5. The van der Waals surface area contributed by atoms with Crippen LogP contribution in [-0.2, 0) is 11.3 Å². The van der Waals surface area contributed by atoms with E-state index in [9.17, 15) is 9.18 Å². The lowest BCUT2D eigenvalue weighted by Gasteiger charge is -2.36. The Morgan fingerprint density at radius 1 is 1.07 bits per heavy atom. The molecule has 0 spiro atoms. The van der Waals surface area contributed by atoms with E-state index in [0.717, 1.165) is 18.9 Å². The third-order valence-corrected chi connectivity index (χ3v) is 5.78. The number of amides is 1. The minimum absolute atomic E-state index is 0.0110. The molecule has 0 radical (unpaired) electrons. The van der Waals surface area contributed by atoms with Gasteiger partial charge in [-0.3, -0.25) is 9.69 Å². The van der Waals surface area contributed by atoms with Gasteiger partial charge in [0.15, 0.2) is 0 Å². The van der Waals surface area contributed by atoms with Gasteiger partial charge >= 0.3 is 0 Å². The fourth-order valence-corrected chi connectivity index (χ4v) is 4.00. The standard InChI is InChI=1S/C21H24ClFN4O2/c22-18-4-1-5-19(23)17(18)15-25-7-9-27(10-8-25)21(28)16-3-2-6-24-20(16)26-11-13-29-14-12-26/h1-6H,7-15H2. The van der Waals surface area contributed by atoms with E-state index in [-0.39, 0.29) is 11.7 Å². The zero-order chi connectivity index (χ0) is 20.2. The van der Waals surface area contributed by atoms with Crippen LogP contribution in [0.5, 0.6) is 0 Å². The van der Waals surface area contributed by atoms with Gasteiger partial charge in [0.05, 0.1) is 18.8 Å². The van der Waals surface area contributed by atoms with Crippen LogP contribution in [0.15, 0.2) is 36.5 Å². The van der Waals surface area contributed by atoms with Gasteiger partial charge in [0.25, 0.3) is 5.91 Å². The van der Waals surface area contributed by atoms with Gasteiger partial charge in [-0.25, -0.2) is 9.37 Å². The molecule has 1 aromatic heterocycles. The second kappa shape index (κ2) is 9.07. The van der Waals surface area contributed by atoms with Crippen LogP contribution in [0.1, 0.15) is 15.9 Å². The van der Waals surface area contributed by atoms with Crippen LogP contribution in [0, 0.1) is 5.82 Å². The van der Waals surface area contributed by atoms with Gasteiger partial charge in [-0.05, 0) is 24.3 Å². The zero-order valence-corrected chi connectivity index (χ0v) is 16.9. The number of aromatic nitrogens is 1. The van der Waals surface area contributed by atoms with Crippen molar-refractivity contribution in [1.82, 2.24) is 14.8 Å². The molecule has 154 valence electrons. The third-order valence-electron chi connectivity index (χ3n) is 5.43. The van der Waals surface area contributed by atoms with Gasteiger partial charge in [0.2, 0.25) is 0 Å². The predicted octanol–water partition coefficient (Wildman–Crippen LogP) is 2.67. The average Bonchev–Trinajstić information content (AvgIpc) is 2.77. The first-order valence-corrected chi connectivity index (χ1v) is 10.2. The number of anilines is 1. The van der Waals surface area contributed by atoms with Crippen molar-refractivity contribution >= 4 is 23.3 Å².